The molecule has 10 heteroatoms. The molecule has 0 fully saturated rings. The lowest BCUT2D eigenvalue weighted by Gasteiger charge is -2.19. The maximum atomic E-state index is 12.5. The molecule has 0 saturated carbocycles. The highest BCUT2D eigenvalue weighted by Gasteiger charge is 2.25. The second kappa shape index (κ2) is 38.7. The van der Waals surface area contributed by atoms with Crippen LogP contribution in [-0.4, -0.2) is 49.3 Å². The first-order chi connectivity index (χ1) is 25.3. The van der Waals surface area contributed by atoms with Gasteiger partial charge in [0.2, 0.25) is 0 Å². The van der Waals surface area contributed by atoms with Crippen LogP contribution in [0.5, 0.6) is 0 Å². The van der Waals surface area contributed by atoms with Crippen molar-refractivity contribution in [3.05, 3.63) is 48.6 Å². The van der Waals surface area contributed by atoms with Gasteiger partial charge in [-0.05, 0) is 51.4 Å². The Morgan fingerprint density at radius 3 is 1.56 bits per heavy atom. The number of unbranched alkanes of at least 4 members (excludes halogenated alkanes) is 17. The van der Waals surface area contributed by atoms with E-state index in [0.29, 0.717) is 12.8 Å². The number of phosphoric acid groups is 1. The van der Waals surface area contributed by atoms with Gasteiger partial charge in [-0.25, -0.2) is 4.57 Å². The Morgan fingerprint density at radius 2 is 1.04 bits per heavy atom. The number of ether oxygens (including phenoxy) is 2. The molecule has 0 aromatic rings. The quantitative estimate of drug-likeness (QED) is 0.0273. The Labute approximate surface area is 317 Å². The molecule has 0 spiro atoms. The highest BCUT2D eigenvalue weighted by Crippen LogP contribution is 2.43. The number of carbonyl (C=O) groups excluding carboxylic acids is 2. The summed E-state index contributed by atoms with van der Waals surface area (Å²) in [6.45, 7) is 3.62. The Kier molecular flexibility index (Phi) is 37.2. The van der Waals surface area contributed by atoms with Crippen LogP contribution in [0.3, 0.4) is 0 Å². The van der Waals surface area contributed by atoms with E-state index < -0.39 is 32.5 Å². The van der Waals surface area contributed by atoms with Gasteiger partial charge < -0.3 is 20.1 Å². The molecule has 0 amide bonds. The van der Waals surface area contributed by atoms with Crippen LogP contribution in [0.4, 0.5) is 0 Å². The van der Waals surface area contributed by atoms with E-state index in [1.54, 1.807) is 0 Å². The normalized spacial score (nSPS) is 13.8. The van der Waals surface area contributed by atoms with E-state index >= 15 is 0 Å². The van der Waals surface area contributed by atoms with Crippen LogP contribution >= 0.6 is 7.82 Å². The molecule has 0 aromatic heterocycles. The Balaban J connectivity index is 4.24. The second-order valence-corrected chi connectivity index (χ2v) is 15.0. The molecule has 3 N–H and O–H groups in total. The van der Waals surface area contributed by atoms with E-state index in [0.717, 1.165) is 64.2 Å². The van der Waals surface area contributed by atoms with E-state index in [4.69, 9.17) is 24.3 Å². The summed E-state index contributed by atoms with van der Waals surface area (Å²) in [7, 11) is -4.38. The zero-order valence-corrected chi connectivity index (χ0v) is 33.9. The molecule has 9 nitrogen and oxygen atoms in total. The van der Waals surface area contributed by atoms with E-state index in [9.17, 15) is 19.0 Å². The number of carbonyl (C=O) groups is 2. The highest BCUT2D eigenvalue weighted by atomic mass is 31.2. The number of hydrogen-bond donors (Lipinski definition) is 2. The Bertz CT molecular complexity index is 996. The van der Waals surface area contributed by atoms with Crippen molar-refractivity contribution >= 4 is 19.8 Å². The number of phosphoric ester groups is 1. The zero-order chi connectivity index (χ0) is 38.2. The molecule has 0 aliphatic carbocycles. The summed E-state index contributed by atoms with van der Waals surface area (Å²) in [6, 6.07) is 0. The van der Waals surface area contributed by atoms with Gasteiger partial charge in [-0.3, -0.25) is 18.6 Å². The molecule has 0 saturated heterocycles. The molecule has 0 radical (unpaired) electrons. The maximum absolute atomic E-state index is 12.5. The summed E-state index contributed by atoms with van der Waals surface area (Å²) in [5.41, 5.74) is 5.34. The molecule has 52 heavy (non-hydrogen) atoms. The molecule has 0 rings (SSSR count). The molecule has 0 bridgehead atoms. The summed E-state index contributed by atoms with van der Waals surface area (Å²) >= 11 is 0. The van der Waals surface area contributed by atoms with Gasteiger partial charge in [0.25, 0.3) is 0 Å². The third-order valence-electron chi connectivity index (χ3n) is 8.45. The van der Waals surface area contributed by atoms with Crippen LogP contribution in [-0.2, 0) is 32.7 Å². The first-order valence-corrected chi connectivity index (χ1v) is 22.1. The number of rotatable bonds is 38. The van der Waals surface area contributed by atoms with Crippen molar-refractivity contribution in [3.8, 4) is 0 Å². The van der Waals surface area contributed by atoms with Crippen molar-refractivity contribution in [1.29, 1.82) is 0 Å². The summed E-state index contributed by atoms with van der Waals surface area (Å²) in [5, 5.41) is 0. The fraction of sp³-hybridized carbons (Fsp3) is 0.762. The number of nitrogens with two attached hydrogens (primary N) is 1. The minimum absolute atomic E-state index is 0.0482. The Morgan fingerprint density at radius 1 is 0.577 bits per heavy atom. The number of esters is 2. The first-order valence-electron chi connectivity index (χ1n) is 20.6. The predicted molar refractivity (Wildman–Crippen MR) is 215 cm³/mol. The molecule has 2 atom stereocenters. The standard InChI is InChI=1S/C42H76NO8P/c1-3-5-7-9-11-13-15-17-19-20-21-23-24-26-28-30-32-34-41(44)48-38-40(39-50-52(46,47)49-37-36-43)51-42(45)35-33-31-29-27-25-22-18-16-14-12-10-8-6-4-2/h7,9,13,15,19-20,23-24,40H,3-6,8,10-12,14,16-18,21-22,25-39,43H2,1-2H3,(H,46,47)/b9-7+,15-13+,20-19+,24-23+/t40-/m1/s1. The molecule has 0 aliphatic rings. The second-order valence-electron chi connectivity index (χ2n) is 13.5. The molecular formula is C42H76NO8P. The lowest BCUT2D eigenvalue weighted by Crippen LogP contribution is -2.29. The Hall–Kier alpha value is -2.03. The van der Waals surface area contributed by atoms with Crippen molar-refractivity contribution in [2.75, 3.05) is 26.4 Å². The van der Waals surface area contributed by atoms with Gasteiger partial charge in [-0.2, -0.15) is 0 Å². The molecule has 1 unspecified atom stereocenters. The third-order valence-corrected chi connectivity index (χ3v) is 9.43. The van der Waals surface area contributed by atoms with Crippen LogP contribution in [0, 0.1) is 0 Å². The van der Waals surface area contributed by atoms with Gasteiger partial charge in [-0.15, -0.1) is 0 Å². The van der Waals surface area contributed by atoms with Crippen LogP contribution in [0.15, 0.2) is 48.6 Å². The smallest absolute Gasteiger partial charge is 0.462 e. The summed E-state index contributed by atoms with van der Waals surface area (Å²) < 4.78 is 32.7. The van der Waals surface area contributed by atoms with Crippen molar-refractivity contribution < 1.29 is 37.6 Å². The van der Waals surface area contributed by atoms with E-state index in [1.165, 1.54) is 70.6 Å². The van der Waals surface area contributed by atoms with Crippen LogP contribution in [0.1, 0.15) is 174 Å². The largest absolute Gasteiger partial charge is 0.472 e. The zero-order valence-electron chi connectivity index (χ0n) is 33.0. The lowest BCUT2D eigenvalue weighted by molar-refractivity contribution is -0.161. The van der Waals surface area contributed by atoms with Crippen LogP contribution < -0.4 is 5.73 Å². The van der Waals surface area contributed by atoms with Gasteiger partial charge in [0.15, 0.2) is 6.10 Å². The van der Waals surface area contributed by atoms with E-state index in [2.05, 4.69) is 62.5 Å². The lowest BCUT2D eigenvalue weighted by atomic mass is 10.0. The van der Waals surface area contributed by atoms with Crippen molar-refractivity contribution in [2.45, 2.75) is 180 Å². The maximum Gasteiger partial charge on any atom is 0.472 e. The number of allylic oxidation sites excluding steroid dienone is 8. The predicted octanol–water partition coefficient (Wildman–Crippen LogP) is 11.6. The average Bonchev–Trinajstić information content (AvgIpc) is 3.13. The van der Waals surface area contributed by atoms with Gasteiger partial charge in [0.05, 0.1) is 13.2 Å². The molecular weight excluding hydrogens is 677 g/mol. The van der Waals surface area contributed by atoms with Gasteiger partial charge in [0, 0.05) is 19.4 Å². The minimum atomic E-state index is -4.38. The van der Waals surface area contributed by atoms with E-state index in [-0.39, 0.29) is 32.6 Å². The molecule has 0 aromatic carbocycles. The summed E-state index contributed by atoms with van der Waals surface area (Å²) in [6.07, 6.45) is 42.8. The molecule has 0 heterocycles. The van der Waals surface area contributed by atoms with Crippen molar-refractivity contribution in [1.82, 2.24) is 0 Å². The van der Waals surface area contributed by atoms with Gasteiger partial charge >= 0.3 is 19.8 Å². The summed E-state index contributed by atoms with van der Waals surface area (Å²) in [5.74, 6) is -0.864. The SMILES string of the molecule is CCC/C=C/C/C=C/C/C=C/C/C=C/CCCCCC(=O)OC[C@H](COP(=O)(O)OCCN)OC(=O)CCCCCCCCCCCCCCCC. The monoisotopic (exact) mass is 754 g/mol. The van der Waals surface area contributed by atoms with Crippen molar-refractivity contribution in [2.24, 2.45) is 5.73 Å². The summed E-state index contributed by atoms with van der Waals surface area (Å²) in [4.78, 5) is 34.8. The van der Waals surface area contributed by atoms with Gasteiger partial charge in [-0.1, -0.05) is 159 Å². The average molecular weight is 754 g/mol. The minimum Gasteiger partial charge on any atom is -0.462 e. The van der Waals surface area contributed by atoms with Crippen molar-refractivity contribution in [3.63, 3.8) is 0 Å². The third kappa shape index (κ3) is 37.7. The van der Waals surface area contributed by atoms with Crippen LogP contribution in [0.25, 0.3) is 0 Å². The first kappa shape index (κ1) is 50.0. The highest BCUT2D eigenvalue weighted by molar-refractivity contribution is 7.47. The van der Waals surface area contributed by atoms with Crippen LogP contribution in [0.2, 0.25) is 0 Å². The molecule has 0 aliphatic heterocycles. The number of hydrogen-bond acceptors (Lipinski definition) is 8. The molecule has 302 valence electrons. The van der Waals surface area contributed by atoms with E-state index in [1.807, 2.05) is 0 Å². The van der Waals surface area contributed by atoms with Gasteiger partial charge in [0.1, 0.15) is 6.61 Å². The topological polar surface area (TPSA) is 134 Å². The fourth-order valence-electron chi connectivity index (χ4n) is 5.39. The fourth-order valence-corrected chi connectivity index (χ4v) is 6.15.